The van der Waals surface area contributed by atoms with E-state index in [0.29, 0.717) is 43.7 Å². The minimum atomic E-state index is -0.903. The lowest BCUT2D eigenvalue weighted by molar-refractivity contribution is -0.134. The van der Waals surface area contributed by atoms with Crippen LogP contribution >= 0.6 is 0 Å². The van der Waals surface area contributed by atoms with Crippen LogP contribution in [0.2, 0.25) is 0 Å². The number of hydrogen-bond donors (Lipinski definition) is 1. The fraction of sp³-hybridized carbons (Fsp3) is 0.381. The molecule has 0 aliphatic carbocycles. The van der Waals surface area contributed by atoms with Gasteiger partial charge in [-0.25, -0.2) is 13.8 Å². The zero-order chi connectivity index (χ0) is 20.1. The van der Waals surface area contributed by atoms with Crippen LogP contribution in [0.5, 0.6) is 0 Å². The molecule has 148 valence electrons. The van der Waals surface area contributed by atoms with Gasteiger partial charge in [0.2, 0.25) is 11.8 Å². The smallest absolute Gasteiger partial charge is 0.228 e. The SMILES string of the molecule is Cc1ccc(NC(=O)C2CCN(C(=O)CCc3ccc(F)c(F)c3)CC2)nc1. The van der Waals surface area contributed by atoms with Crippen molar-refractivity contribution in [2.45, 2.75) is 32.6 Å². The molecule has 1 aromatic carbocycles. The van der Waals surface area contributed by atoms with Crippen molar-refractivity contribution in [3.63, 3.8) is 0 Å². The van der Waals surface area contributed by atoms with Crippen molar-refractivity contribution < 1.29 is 18.4 Å². The van der Waals surface area contributed by atoms with Crippen LogP contribution in [-0.2, 0) is 16.0 Å². The van der Waals surface area contributed by atoms with E-state index in [-0.39, 0.29) is 24.2 Å². The number of nitrogens with zero attached hydrogens (tertiary/aromatic N) is 2. The molecule has 0 saturated carbocycles. The molecule has 2 heterocycles. The average Bonchev–Trinajstić information content (AvgIpc) is 2.70. The Balaban J connectivity index is 1.44. The zero-order valence-electron chi connectivity index (χ0n) is 15.8. The molecule has 1 saturated heterocycles. The molecule has 28 heavy (non-hydrogen) atoms. The Morgan fingerprint density at radius 1 is 1.14 bits per heavy atom. The number of benzene rings is 1. The van der Waals surface area contributed by atoms with E-state index >= 15 is 0 Å². The maximum atomic E-state index is 13.2. The Bertz CT molecular complexity index is 847. The van der Waals surface area contributed by atoms with E-state index in [2.05, 4.69) is 10.3 Å². The van der Waals surface area contributed by atoms with Gasteiger partial charge < -0.3 is 10.2 Å². The fourth-order valence-electron chi connectivity index (χ4n) is 3.27. The van der Waals surface area contributed by atoms with Crippen LogP contribution in [0.4, 0.5) is 14.6 Å². The van der Waals surface area contributed by atoms with Crippen molar-refractivity contribution in [3.05, 3.63) is 59.3 Å². The number of aryl methyl sites for hydroxylation is 2. The summed E-state index contributed by atoms with van der Waals surface area (Å²) in [5, 5.41) is 2.82. The van der Waals surface area contributed by atoms with Crippen LogP contribution in [0.15, 0.2) is 36.5 Å². The fourth-order valence-corrected chi connectivity index (χ4v) is 3.27. The number of anilines is 1. The van der Waals surface area contributed by atoms with Crippen LogP contribution in [0, 0.1) is 24.5 Å². The summed E-state index contributed by atoms with van der Waals surface area (Å²) >= 11 is 0. The first-order valence-corrected chi connectivity index (χ1v) is 9.37. The van der Waals surface area contributed by atoms with Gasteiger partial charge >= 0.3 is 0 Å². The van der Waals surface area contributed by atoms with Gasteiger partial charge in [0.1, 0.15) is 5.82 Å². The molecule has 1 fully saturated rings. The summed E-state index contributed by atoms with van der Waals surface area (Å²) in [6.45, 7) is 2.95. The predicted octanol–water partition coefficient (Wildman–Crippen LogP) is 3.48. The normalized spacial score (nSPS) is 14.8. The van der Waals surface area contributed by atoms with Gasteiger partial charge in [-0.3, -0.25) is 9.59 Å². The molecule has 0 unspecified atom stereocenters. The van der Waals surface area contributed by atoms with E-state index in [1.54, 1.807) is 17.2 Å². The third kappa shape index (κ3) is 5.12. The maximum Gasteiger partial charge on any atom is 0.228 e. The topological polar surface area (TPSA) is 62.3 Å². The molecule has 5 nitrogen and oxygen atoms in total. The second-order valence-corrected chi connectivity index (χ2v) is 7.11. The number of likely N-dealkylation sites (tertiary alicyclic amines) is 1. The lowest BCUT2D eigenvalue weighted by atomic mass is 9.95. The van der Waals surface area contributed by atoms with Crippen LogP contribution in [-0.4, -0.2) is 34.8 Å². The Morgan fingerprint density at radius 2 is 1.89 bits per heavy atom. The number of piperidine rings is 1. The number of aromatic nitrogens is 1. The first kappa shape index (κ1) is 19.9. The standard InChI is InChI=1S/C21H23F2N3O2/c1-14-2-6-19(24-13-14)25-21(28)16-8-10-26(11-9-16)20(27)7-4-15-3-5-17(22)18(23)12-15/h2-3,5-6,12-13,16H,4,7-11H2,1H3,(H,24,25,28). The second kappa shape index (κ2) is 8.91. The van der Waals surface area contributed by atoms with Gasteiger partial charge in [0.05, 0.1) is 0 Å². The molecule has 1 aliphatic heterocycles. The van der Waals surface area contributed by atoms with E-state index in [9.17, 15) is 18.4 Å². The third-order valence-electron chi connectivity index (χ3n) is 4.99. The number of rotatable bonds is 5. The number of hydrogen-bond acceptors (Lipinski definition) is 3. The number of amides is 2. The molecule has 1 N–H and O–H groups in total. The van der Waals surface area contributed by atoms with Crippen LogP contribution in [0.25, 0.3) is 0 Å². The van der Waals surface area contributed by atoms with Crippen LogP contribution in [0.1, 0.15) is 30.4 Å². The lowest BCUT2D eigenvalue weighted by Crippen LogP contribution is -2.41. The molecular formula is C21H23F2N3O2. The largest absolute Gasteiger partial charge is 0.343 e. The second-order valence-electron chi connectivity index (χ2n) is 7.11. The van der Waals surface area contributed by atoms with E-state index in [0.717, 1.165) is 17.7 Å². The molecule has 0 atom stereocenters. The minimum absolute atomic E-state index is 0.0382. The van der Waals surface area contributed by atoms with Gasteiger partial charge in [-0.1, -0.05) is 12.1 Å². The van der Waals surface area contributed by atoms with Gasteiger partial charge in [0.15, 0.2) is 11.6 Å². The summed E-state index contributed by atoms with van der Waals surface area (Å²) < 4.78 is 26.2. The number of nitrogens with one attached hydrogen (secondary N) is 1. The molecule has 0 spiro atoms. The Kier molecular flexibility index (Phi) is 6.34. The summed E-state index contributed by atoms with van der Waals surface area (Å²) in [5.74, 6) is -1.54. The maximum absolute atomic E-state index is 13.2. The first-order chi connectivity index (χ1) is 13.4. The van der Waals surface area contributed by atoms with Crippen molar-refractivity contribution in [2.75, 3.05) is 18.4 Å². The van der Waals surface area contributed by atoms with E-state index in [1.165, 1.54) is 6.07 Å². The monoisotopic (exact) mass is 387 g/mol. The molecule has 1 aromatic heterocycles. The van der Waals surface area contributed by atoms with E-state index < -0.39 is 11.6 Å². The van der Waals surface area contributed by atoms with Crippen molar-refractivity contribution in [1.29, 1.82) is 0 Å². The average molecular weight is 387 g/mol. The Labute approximate surface area is 162 Å². The number of pyridine rings is 1. The summed E-state index contributed by atoms with van der Waals surface area (Å²) in [4.78, 5) is 30.7. The number of carbonyl (C=O) groups excluding carboxylic acids is 2. The van der Waals surface area contributed by atoms with Gasteiger partial charge in [0.25, 0.3) is 0 Å². The highest BCUT2D eigenvalue weighted by atomic mass is 19.2. The molecular weight excluding hydrogens is 364 g/mol. The molecule has 3 rings (SSSR count). The highest BCUT2D eigenvalue weighted by molar-refractivity contribution is 5.91. The highest BCUT2D eigenvalue weighted by Gasteiger charge is 2.27. The molecule has 1 aliphatic rings. The summed E-state index contributed by atoms with van der Waals surface area (Å²) in [6.07, 6.45) is 3.47. The summed E-state index contributed by atoms with van der Waals surface area (Å²) in [7, 11) is 0. The van der Waals surface area contributed by atoms with Gasteiger partial charge in [-0.2, -0.15) is 0 Å². The van der Waals surface area contributed by atoms with Crippen molar-refractivity contribution in [2.24, 2.45) is 5.92 Å². The third-order valence-corrected chi connectivity index (χ3v) is 4.99. The summed E-state index contributed by atoms with van der Waals surface area (Å²) in [5.41, 5.74) is 1.61. The zero-order valence-corrected chi connectivity index (χ0v) is 15.8. The van der Waals surface area contributed by atoms with Crippen molar-refractivity contribution >= 4 is 17.6 Å². The molecule has 0 radical (unpaired) electrons. The van der Waals surface area contributed by atoms with Gasteiger partial charge in [0, 0.05) is 31.6 Å². The molecule has 2 aromatic rings. The molecule has 2 amide bonds. The summed E-state index contributed by atoms with van der Waals surface area (Å²) in [6, 6.07) is 7.34. The highest BCUT2D eigenvalue weighted by Crippen LogP contribution is 2.20. The van der Waals surface area contributed by atoms with Crippen molar-refractivity contribution in [1.82, 2.24) is 9.88 Å². The van der Waals surface area contributed by atoms with Gasteiger partial charge in [-0.15, -0.1) is 0 Å². The Hall–Kier alpha value is -2.83. The molecule has 7 heteroatoms. The quantitative estimate of drug-likeness (QED) is 0.854. The minimum Gasteiger partial charge on any atom is -0.343 e. The lowest BCUT2D eigenvalue weighted by Gasteiger charge is -2.31. The Morgan fingerprint density at radius 3 is 2.54 bits per heavy atom. The molecule has 0 bridgehead atoms. The first-order valence-electron chi connectivity index (χ1n) is 9.37. The van der Waals surface area contributed by atoms with Gasteiger partial charge in [-0.05, 0) is 55.5 Å². The van der Waals surface area contributed by atoms with Crippen LogP contribution in [0.3, 0.4) is 0 Å². The number of halogens is 2. The van der Waals surface area contributed by atoms with E-state index in [4.69, 9.17) is 0 Å². The van der Waals surface area contributed by atoms with E-state index in [1.807, 2.05) is 13.0 Å². The number of carbonyl (C=O) groups is 2. The predicted molar refractivity (Wildman–Crippen MR) is 102 cm³/mol. The van der Waals surface area contributed by atoms with Crippen molar-refractivity contribution in [3.8, 4) is 0 Å². The van der Waals surface area contributed by atoms with Crippen LogP contribution < -0.4 is 5.32 Å².